The molecular weight excluding hydrogens is 1820 g/mol. The average Bonchev–Trinajstić information content (AvgIpc) is 1.79. The fourth-order valence-corrected chi connectivity index (χ4v) is 18.5. The number of carbonyl (C=O) groups is 20. The highest BCUT2D eigenvalue weighted by atomic mass is 32.2. The SMILES string of the molecule is CC(C)[C@@H]1NC(=O)[C@H](Cc2c[nH]c3ccccc23)NC(=O)[C@@H]2CSCC(=O)N3CCN(CCN(CC3)C(=O)CSC[C@H](NC(=O)[C@H](C)NC(C)(C)C(=O)CN(C)C(C)(C)C(=O)CCN)C(=O)N[C@@H]([C@@H](C)O)C(=O)N[C@@H](CCC(=O)O)C(=O)N2)C(=O)CSC[C@@H](C(N)=O)NC(=O)[C@@H]2CCCN2C(=O)[C@H](C(C)C)NC(=O)[C@H](Cc2c[nH]c3ccccc23)NC(=O)CNC(=O)[C@H](CC(=O)O)NC1=O. The quantitative estimate of drug-likeness (QED) is 0.0315. The number of fused-ring (bicyclic) bond motifs is 11. The summed E-state index contributed by atoms with van der Waals surface area (Å²) in [5, 5.41) is 63.7. The summed E-state index contributed by atoms with van der Waals surface area (Å²) in [6.45, 7) is 12.5. The van der Waals surface area contributed by atoms with Gasteiger partial charge in [-0.1, -0.05) is 64.1 Å². The number of carboxylic acid groups (broad SMARTS) is 2. The Morgan fingerprint density at radius 3 is 1.54 bits per heavy atom. The molecule has 4 aliphatic rings. The topological polar surface area (TPSA) is 646 Å². The molecule has 0 unspecified atom stereocenters. The lowest BCUT2D eigenvalue weighted by Gasteiger charge is -2.37. The number of aliphatic carboxylic acids is 2. The summed E-state index contributed by atoms with van der Waals surface area (Å²) < 4.78 is 0. The second kappa shape index (κ2) is 50.2. The van der Waals surface area contributed by atoms with Gasteiger partial charge in [0.2, 0.25) is 94.5 Å². The molecule has 4 bridgehead atoms. The Morgan fingerprint density at radius 2 is 1.02 bits per heavy atom. The van der Waals surface area contributed by atoms with Gasteiger partial charge in [0.1, 0.15) is 66.5 Å². The Hall–Kier alpha value is -11.8. The van der Waals surface area contributed by atoms with Crippen molar-refractivity contribution in [2.75, 3.05) is 107 Å². The predicted molar refractivity (Wildman–Crippen MR) is 500 cm³/mol. The second-order valence-electron chi connectivity index (χ2n) is 35.6. The number of carbonyl (C=O) groups excluding carboxylic acids is 18. The number of nitrogens with one attached hydrogen (secondary N) is 14. The lowest BCUT2D eigenvalue weighted by molar-refractivity contribution is -0.143. The lowest BCUT2D eigenvalue weighted by Crippen LogP contribution is -2.63. The van der Waals surface area contributed by atoms with Crippen molar-refractivity contribution in [3.8, 4) is 0 Å². The smallest absolute Gasteiger partial charge is 0.305 e. The molecule has 4 fully saturated rings. The van der Waals surface area contributed by atoms with E-state index in [2.05, 4.69) is 73.8 Å². The average molecular weight is 1940 g/mol. The van der Waals surface area contributed by atoms with Gasteiger partial charge in [0, 0.05) is 123 Å². The van der Waals surface area contributed by atoms with E-state index in [1.54, 1.807) is 89.5 Å². The van der Waals surface area contributed by atoms with Gasteiger partial charge in [0.05, 0.1) is 60.0 Å². The summed E-state index contributed by atoms with van der Waals surface area (Å²) in [6, 6.07) is -6.21. The monoisotopic (exact) mass is 1940 g/mol. The van der Waals surface area contributed by atoms with Crippen molar-refractivity contribution in [1.29, 1.82) is 0 Å². The maximum atomic E-state index is 15.6. The predicted octanol–water partition coefficient (Wildman–Crippen LogP) is -4.41. The van der Waals surface area contributed by atoms with Gasteiger partial charge in [-0.3, -0.25) is 106 Å². The number of hydrogen-bond donors (Lipinski definition) is 19. The molecule has 0 saturated carbocycles. The van der Waals surface area contributed by atoms with Gasteiger partial charge in [0.15, 0.2) is 11.6 Å². The number of Topliss-reactive ketones (excluding diaryl/α,β-unsaturated/α-hetero) is 2. The lowest BCUT2D eigenvalue weighted by atomic mass is 9.92. The molecule has 8 rings (SSSR count). The zero-order valence-corrected chi connectivity index (χ0v) is 80.0. The highest BCUT2D eigenvalue weighted by Gasteiger charge is 2.45. The number of rotatable bonds is 24. The molecule has 2 aromatic heterocycles. The van der Waals surface area contributed by atoms with E-state index in [9.17, 15) is 96.8 Å². The number of aromatic nitrogens is 2. The van der Waals surface area contributed by atoms with Gasteiger partial charge < -0.3 is 115 Å². The molecule has 0 radical (unpaired) electrons. The second-order valence-corrected chi connectivity index (χ2v) is 38.7. The first kappa shape index (κ1) is 109. The Morgan fingerprint density at radius 1 is 0.533 bits per heavy atom. The number of H-pyrrole nitrogens is 2. The molecule has 2 aromatic carbocycles. The van der Waals surface area contributed by atoms with Gasteiger partial charge in [-0.15, -0.1) is 35.3 Å². The third-order valence-corrected chi connectivity index (χ3v) is 27.1. The van der Waals surface area contributed by atoms with Gasteiger partial charge in [-0.2, -0.15) is 0 Å². The molecular formula is C88H127N21O23S3. The fourth-order valence-electron chi connectivity index (χ4n) is 15.6. The van der Waals surface area contributed by atoms with Crippen LogP contribution < -0.4 is 75.3 Å². The number of aliphatic hydroxyl groups excluding tert-OH is 1. The minimum Gasteiger partial charge on any atom is -0.481 e. The highest BCUT2D eigenvalue weighted by molar-refractivity contribution is 8.00. The molecule has 4 aromatic rings. The number of aliphatic hydroxyl groups is 1. The first-order valence-electron chi connectivity index (χ1n) is 44.6. The summed E-state index contributed by atoms with van der Waals surface area (Å²) in [5.41, 5.74) is 11.1. The van der Waals surface area contributed by atoms with Crippen molar-refractivity contribution in [2.45, 2.75) is 210 Å². The van der Waals surface area contributed by atoms with E-state index in [4.69, 9.17) is 11.5 Å². The van der Waals surface area contributed by atoms with Crippen LogP contribution in [0.5, 0.6) is 0 Å². The van der Waals surface area contributed by atoms with E-state index < -0.39 is 275 Å². The minimum atomic E-state index is -2.05. The van der Waals surface area contributed by atoms with Crippen molar-refractivity contribution in [2.24, 2.45) is 23.3 Å². The van der Waals surface area contributed by atoms with Crippen LogP contribution >= 0.6 is 35.3 Å². The standard InChI is InChI=1S/C88H127N21O23S3/c1-46(2)72-84(130)97-59(35-71(119)120)77(123)93-38-66(113)94-57(33-50-36-91-54-19-14-12-17-52(50)54)79(125)102-73(47(3)4)86(132)109-26-16-21-63(109)83(129)98-60(75(90)121)40-133-43-67(114)106-27-29-107-31-32-108(30-28-106)69(116)45-135-42-62(99-76(122)48(5)104-87(7,8)65(112)39-105(11)88(9,10)64(111)24-25-89)82(128)103-74(49(6)110)85(131)95-56(22-23-70(117)118)78(124)100-61(41-134-44-68(107)115)81(127)96-58(80(126)101-72)34-51-37-92-55-20-15-13-18-53(51)55/h12-15,17-20,36-37,46-49,56-63,72-74,91-92,104,110H,16,21-35,38-45,89H2,1-11H3,(H2,90,121)(H,93,123)(H,94,113)(H,95,131)(H,96,127)(H,97,130)(H,98,129)(H,99,122)(H,100,124)(H,101,126)(H,102,125)(H,103,128)(H,117,118)(H,119,120)/t48-,49+,56-,57-,58-,59-,60-,61-,62-,63-,72-,73-,74-/m0/s1. The number of para-hydroxylation sites is 2. The Labute approximate surface area is 793 Å². The zero-order chi connectivity index (χ0) is 99.6. The molecule has 0 spiro atoms. The van der Waals surface area contributed by atoms with Crippen LogP contribution in [0.4, 0.5) is 0 Å². The van der Waals surface area contributed by atoms with Gasteiger partial charge in [-0.25, -0.2) is 0 Å². The molecule has 16 amide bonds. The van der Waals surface area contributed by atoms with E-state index >= 15 is 14.4 Å². The van der Waals surface area contributed by atoms with Crippen LogP contribution in [0.1, 0.15) is 119 Å². The minimum absolute atomic E-state index is 0.00773. The largest absolute Gasteiger partial charge is 0.481 e. The number of nitrogens with two attached hydrogens (primary N) is 2. The van der Waals surface area contributed by atoms with Crippen LogP contribution in [0.2, 0.25) is 0 Å². The Kier molecular flexibility index (Phi) is 40.3. The van der Waals surface area contributed by atoms with Crippen molar-refractivity contribution >= 4 is 175 Å². The number of benzene rings is 2. The molecule has 6 heterocycles. The molecule has 21 N–H and O–H groups in total. The van der Waals surface area contributed by atoms with Crippen LogP contribution in [-0.2, 0) is 109 Å². The Balaban J connectivity index is 1.20. The zero-order valence-electron chi connectivity index (χ0n) is 77.5. The fraction of sp³-hybridized carbons (Fsp3) is 0.591. The van der Waals surface area contributed by atoms with Crippen molar-refractivity contribution < 1.29 is 111 Å². The molecule has 135 heavy (non-hydrogen) atoms. The van der Waals surface area contributed by atoms with Crippen LogP contribution in [-0.4, -0.2) is 365 Å². The molecule has 13 atom stereocenters. The number of carboxylic acids is 2. The number of likely N-dealkylation sites (N-methyl/N-ethyl adjacent to an activating group) is 1. The summed E-state index contributed by atoms with van der Waals surface area (Å²) in [4.78, 5) is 301. The third-order valence-electron chi connectivity index (χ3n) is 24.1. The van der Waals surface area contributed by atoms with Crippen molar-refractivity contribution in [3.05, 3.63) is 72.1 Å². The summed E-state index contributed by atoms with van der Waals surface area (Å²) in [5.74, 6) is -23.9. The molecule has 4 saturated heterocycles. The van der Waals surface area contributed by atoms with Crippen LogP contribution in [0.3, 0.4) is 0 Å². The maximum absolute atomic E-state index is 15.6. The van der Waals surface area contributed by atoms with Gasteiger partial charge in [0.25, 0.3) is 0 Å². The number of aromatic amines is 2. The summed E-state index contributed by atoms with van der Waals surface area (Å²) >= 11 is 2.45. The van der Waals surface area contributed by atoms with E-state index in [1.807, 2.05) is 0 Å². The van der Waals surface area contributed by atoms with Crippen LogP contribution in [0, 0.1) is 11.8 Å². The van der Waals surface area contributed by atoms with E-state index in [-0.39, 0.29) is 96.1 Å². The van der Waals surface area contributed by atoms with Crippen molar-refractivity contribution in [3.63, 3.8) is 0 Å². The van der Waals surface area contributed by atoms with Crippen LogP contribution in [0.15, 0.2) is 60.9 Å². The van der Waals surface area contributed by atoms with E-state index in [0.29, 0.717) is 32.9 Å². The molecule has 740 valence electrons. The summed E-state index contributed by atoms with van der Waals surface area (Å²) in [6.07, 6.45) is -1.69. The number of ketones is 2. The third kappa shape index (κ3) is 30.9. The molecule has 4 aliphatic heterocycles. The molecule has 44 nitrogen and oxygen atoms in total. The highest BCUT2D eigenvalue weighted by Crippen LogP contribution is 2.27. The normalized spacial score (nSPS) is 24.1. The Bertz CT molecular complexity index is 5030. The number of primary amides is 1. The number of hydrogen-bond acceptors (Lipinski definition) is 27. The van der Waals surface area contributed by atoms with Crippen molar-refractivity contribution in [1.82, 2.24) is 98.3 Å². The maximum Gasteiger partial charge on any atom is 0.305 e. The number of nitrogens with zero attached hydrogens (tertiary/aromatic N) is 5. The van der Waals surface area contributed by atoms with E-state index in [1.165, 1.54) is 65.3 Å². The van der Waals surface area contributed by atoms with Gasteiger partial charge in [-0.05, 0) is 109 Å². The van der Waals surface area contributed by atoms with E-state index in [0.717, 1.165) is 42.2 Å². The van der Waals surface area contributed by atoms with Crippen LogP contribution in [0.25, 0.3) is 21.8 Å². The first-order chi connectivity index (χ1) is 63.7. The first-order valence-corrected chi connectivity index (χ1v) is 48.1. The number of thioether (sulfide) groups is 3. The molecule has 47 heteroatoms. The van der Waals surface area contributed by atoms with Gasteiger partial charge >= 0.3 is 11.9 Å². The summed E-state index contributed by atoms with van der Waals surface area (Å²) in [7, 11) is 1.57. The molecule has 0 aliphatic carbocycles. The number of amides is 16.